The highest BCUT2D eigenvalue weighted by Gasteiger charge is 2.19. The lowest BCUT2D eigenvalue weighted by Gasteiger charge is -2.18. The number of ether oxygens (including phenoxy) is 3. The lowest BCUT2D eigenvalue weighted by molar-refractivity contribution is -0.166. The molecule has 306 valence electrons. The van der Waals surface area contributed by atoms with Crippen molar-refractivity contribution in [1.29, 1.82) is 0 Å². The first-order chi connectivity index (χ1) is 27.0. The average Bonchev–Trinajstić information content (AvgIpc) is 3.18. The van der Waals surface area contributed by atoms with Gasteiger partial charge in [-0.25, -0.2) is 0 Å². The molecule has 0 aliphatic rings. The molecule has 0 radical (unpaired) electrons. The van der Waals surface area contributed by atoms with E-state index in [-0.39, 0.29) is 44.4 Å². The lowest BCUT2D eigenvalue weighted by atomic mass is 10.1. The van der Waals surface area contributed by atoms with Gasteiger partial charge in [0.1, 0.15) is 13.2 Å². The number of hydrogen-bond donors (Lipinski definition) is 0. The maximum atomic E-state index is 12.7. The third-order valence-corrected chi connectivity index (χ3v) is 7.99. The second kappa shape index (κ2) is 42.6. The van der Waals surface area contributed by atoms with E-state index in [2.05, 4.69) is 118 Å². The van der Waals surface area contributed by atoms with Gasteiger partial charge in [-0.05, 0) is 89.9 Å². The Morgan fingerprint density at radius 2 is 0.764 bits per heavy atom. The predicted octanol–water partition coefficient (Wildman–Crippen LogP) is 13.4. The summed E-state index contributed by atoms with van der Waals surface area (Å²) in [6.45, 7) is 6.07. The molecule has 0 amide bonds. The van der Waals surface area contributed by atoms with Gasteiger partial charge >= 0.3 is 17.9 Å². The normalized spacial score (nSPS) is 13.3. The third kappa shape index (κ3) is 40.8. The fourth-order valence-electron chi connectivity index (χ4n) is 4.94. The van der Waals surface area contributed by atoms with Crippen LogP contribution in [0.4, 0.5) is 0 Å². The Morgan fingerprint density at radius 1 is 0.382 bits per heavy atom. The van der Waals surface area contributed by atoms with Crippen LogP contribution in [0.25, 0.3) is 0 Å². The lowest BCUT2D eigenvalue weighted by Crippen LogP contribution is -2.30. The smallest absolute Gasteiger partial charge is 0.309 e. The number of allylic oxidation sites excluding steroid dienone is 19. The predicted molar refractivity (Wildman–Crippen MR) is 233 cm³/mol. The van der Waals surface area contributed by atoms with Crippen LogP contribution in [-0.2, 0) is 28.6 Å². The Kier molecular flexibility index (Phi) is 39.3. The molecule has 0 aliphatic heterocycles. The van der Waals surface area contributed by atoms with E-state index < -0.39 is 12.1 Å². The molecule has 0 N–H and O–H groups in total. The van der Waals surface area contributed by atoms with Crippen LogP contribution < -0.4 is 0 Å². The van der Waals surface area contributed by atoms with Crippen molar-refractivity contribution in [2.24, 2.45) is 0 Å². The summed E-state index contributed by atoms with van der Waals surface area (Å²) >= 11 is 0. The Balaban J connectivity index is 4.60. The van der Waals surface area contributed by atoms with Crippen LogP contribution >= 0.6 is 0 Å². The quantitative estimate of drug-likeness (QED) is 0.0277. The molecule has 0 fully saturated rings. The minimum absolute atomic E-state index is 0.114. The number of carbonyl (C=O) groups excluding carboxylic acids is 3. The van der Waals surface area contributed by atoms with Crippen molar-refractivity contribution in [1.82, 2.24) is 0 Å². The first kappa shape index (κ1) is 50.8. The molecule has 0 saturated heterocycles. The van der Waals surface area contributed by atoms with E-state index in [0.29, 0.717) is 6.42 Å². The van der Waals surface area contributed by atoms with Crippen LogP contribution in [0, 0.1) is 0 Å². The maximum absolute atomic E-state index is 12.7. The zero-order valence-electron chi connectivity index (χ0n) is 34.6. The summed E-state index contributed by atoms with van der Waals surface area (Å²) in [6.07, 6.45) is 58.0. The molecule has 0 spiro atoms. The topological polar surface area (TPSA) is 78.9 Å². The molecular weight excluding hydrogens is 685 g/mol. The van der Waals surface area contributed by atoms with Gasteiger partial charge < -0.3 is 14.2 Å². The van der Waals surface area contributed by atoms with Gasteiger partial charge in [-0.2, -0.15) is 0 Å². The molecule has 0 rings (SSSR count). The summed E-state index contributed by atoms with van der Waals surface area (Å²) in [6, 6.07) is 0. The van der Waals surface area contributed by atoms with Crippen molar-refractivity contribution in [3.05, 3.63) is 122 Å². The van der Waals surface area contributed by atoms with Crippen LogP contribution in [0.2, 0.25) is 0 Å². The molecule has 0 aromatic rings. The van der Waals surface area contributed by atoms with Crippen LogP contribution in [-0.4, -0.2) is 37.2 Å². The maximum Gasteiger partial charge on any atom is 0.309 e. The second-order valence-electron chi connectivity index (χ2n) is 13.1. The standard InChI is InChI=1S/C49H74O6/c1-4-7-10-13-16-19-21-23-24-25-26-28-30-33-36-39-42-48(51)54-45-46(44-53-47(50)41-38-35-32-29-18-15-12-9-6-3)55-49(52)43-40-37-34-31-27-22-20-17-14-11-8-5-2/h7-12,16-20,23-24,26,28-29,33,35-36,38,46H,4-6,13-15,21-22,25,27,30-32,34,37,39-45H2,1-3H3/b10-7-,11-8-,12-9-,19-16-,20-17-,24-23-,28-26-,29-18-,36-33-,38-35-. The van der Waals surface area contributed by atoms with Crippen molar-refractivity contribution < 1.29 is 28.6 Å². The fraction of sp³-hybridized carbons (Fsp3) is 0.531. The van der Waals surface area contributed by atoms with Crippen LogP contribution in [0.3, 0.4) is 0 Å². The van der Waals surface area contributed by atoms with Gasteiger partial charge in [0.25, 0.3) is 0 Å². The third-order valence-electron chi connectivity index (χ3n) is 7.99. The van der Waals surface area contributed by atoms with E-state index >= 15 is 0 Å². The van der Waals surface area contributed by atoms with Crippen molar-refractivity contribution in [2.75, 3.05) is 13.2 Å². The Hall–Kier alpha value is -4.19. The van der Waals surface area contributed by atoms with Crippen molar-refractivity contribution in [3.8, 4) is 0 Å². The average molecular weight is 759 g/mol. The summed E-state index contributed by atoms with van der Waals surface area (Å²) < 4.78 is 16.4. The molecule has 1 atom stereocenters. The summed E-state index contributed by atoms with van der Waals surface area (Å²) in [4.78, 5) is 37.5. The molecule has 6 heteroatoms. The van der Waals surface area contributed by atoms with Gasteiger partial charge in [0, 0.05) is 12.8 Å². The zero-order valence-corrected chi connectivity index (χ0v) is 34.6. The number of esters is 3. The summed E-state index contributed by atoms with van der Waals surface area (Å²) in [5.41, 5.74) is 0. The molecule has 1 unspecified atom stereocenters. The number of carbonyl (C=O) groups is 3. The summed E-state index contributed by atoms with van der Waals surface area (Å²) in [7, 11) is 0. The van der Waals surface area contributed by atoms with Crippen molar-refractivity contribution in [2.45, 2.75) is 155 Å². The van der Waals surface area contributed by atoms with Gasteiger partial charge in [-0.15, -0.1) is 0 Å². The molecule has 55 heavy (non-hydrogen) atoms. The van der Waals surface area contributed by atoms with E-state index in [1.54, 1.807) is 6.08 Å². The minimum Gasteiger partial charge on any atom is -0.462 e. The van der Waals surface area contributed by atoms with E-state index in [9.17, 15) is 14.4 Å². The van der Waals surface area contributed by atoms with Gasteiger partial charge in [0.05, 0.1) is 6.42 Å². The second-order valence-corrected chi connectivity index (χ2v) is 13.1. The molecule has 0 saturated carbocycles. The molecule has 0 aliphatic carbocycles. The first-order valence-electron chi connectivity index (χ1n) is 21.0. The zero-order chi connectivity index (χ0) is 40.1. The fourth-order valence-corrected chi connectivity index (χ4v) is 4.94. The highest BCUT2D eigenvalue weighted by atomic mass is 16.6. The van der Waals surface area contributed by atoms with Crippen molar-refractivity contribution >= 4 is 17.9 Å². The number of hydrogen-bond acceptors (Lipinski definition) is 6. The van der Waals surface area contributed by atoms with E-state index in [1.165, 1.54) is 0 Å². The van der Waals surface area contributed by atoms with E-state index in [0.717, 1.165) is 103 Å². The van der Waals surface area contributed by atoms with Gasteiger partial charge in [-0.1, -0.05) is 162 Å². The molecule has 0 bridgehead atoms. The largest absolute Gasteiger partial charge is 0.462 e. The molecule has 0 heterocycles. The Morgan fingerprint density at radius 3 is 1.25 bits per heavy atom. The van der Waals surface area contributed by atoms with Crippen LogP contribution in [0.5, 0.6) is 0 Å². The van der Waals surface area contributed by atoms with E-state index in [1.807, 2.05) is 18.2 Å². The first-order valence-corrected chi connectivity index (χ1v) is 21.0. The Labute approximate surface area is 335 Å². The van der Waals surface area contributed by atoms with Gasteiger partial charge in [0.2, 0.25) is 0 Å². The Bertz CT molecular complexity index is 1240. The summed E-state index contributed by atoms with van der Waals surface area (Å²) in [5, 5.41) is 0. The summed E-state index contributed by atoms with van der Waals surface area (Å²) in [5.74, 6) is -1.19. The highest BCUT2D eigenvalue weighted by molar-refractivity contribution is 5.72. The molecule has 0 aromatic heterocycles. The van der Waals surface area contributed by atoms with Crippen molar-refractivity contribution in [3.63, 3.8) is 0 Å². The van der Waals surface area contributed by atoms with Crippen LogP contribution in [0.15, 0.2) is 122 Å². The monoisotopic (exact) mass is 759 g/mol. The SMILES string of the molecule is CC/C=C\C/C=C\C/C=C\C/C=C\C/C=C\CCC(=O)OCC(COC(=O)C/C=C\C/C=C\C/C=C\CC)OC(=O)CCCCCCC/C=C\C/C=C\CC. The number of unbranched alkanes of at least 4 members (excludes halogenated alkanes) is 5. The highest BCUT2D eigenvalue weighted by Crippen LogP contribution is 2.10. The molecule has 0 aromatic carbocycles. The molecule has 6 nitrogen and oxygen atoms in total. The molecular formula is C49H74O6. The van der Waals surface area contributed by atoms with E-state index in [4.69, 9.17) is 14.2 Å². The van der Waals surface area contributed by atoms with Gasteiger partial charge in [-0.3, -0.25) is 14.4 Å². The minimum atomic E-state index is -0.851. The van der Waals surface area contributed by atoms with Gasteiger partial charge in [0.15, 0.2) is 6.10 Å². The number of rotatable bonds is 35. The van der Waals surface area contributed by atoms with Crippen LogP contribution in [0.1, 0.15) is 149 Å².